The molecule has 1 aliphatic heterocycles. The molecule has 0 bridgehead atoms. The van der Waals surface area contributed by atoms with Gasteiger partial charge in [-0.3, -0.25) is 4.57 Å². The van der Waals surface area contributed by atoms with Gasteiger partial charge in [0, 0.05) is 5.69 Å². The van der Waals surface area contributed by atoms with Crippen molar-refractivity contribution in [1.82, 2.24) is 14.8 Å². The third kappa shape index (κ3) is 1.80. The molecule has 0 saturated heterocycles. The highest BCUT2D eigenvalue weighted by atomic mass is 16.7. The molecule has 2 heterocycles. The largest absolute Gasteiger partial charge is 0.454 e. The van der Waals surface area contributed by atoms with Gasteiger partial charge in [-0.15, -0.1) is 10.2 Å². The first-order valence-electron chi connectivity index (χ1n) is 6.25. The van der Waals surface area contributed by atoms with Crippen LogP contribution in [0.1, 0.15) is 0 Å². The molecule has 0 amide bonds. The second-order valence-corrected chi connectivity index (χ2v) is 4.49. The van der Waals surface area contributed by atoms with Crippen LogP contribution in [0.25, 0.3) is 16.8 Å². The van der Waals surface area contributed by atoms with Crippen molar-refractivity contribution in [1.29, 1.82) is 0 Å². The second kappa shape index (κ2) is 4.38. The fourth-order valence-electron chi connectivity index (χ4n) is 2.26. The molecule has 0 fully saturated rings. The molecule has 2 aromatic carbocycles. The van der Waals surface area contributed by atoms with Gasteiger partial charge in [0.1, 0.15) is 12.7 Å². The first-order valence-corrected chi connectivity index (χ1v) is 6.25. The molecule has 3 aromatic rings. The van der Waals surface area contributed by atoms with Crippen LogP contribution in [0.15, 0.2) is 55.1 Å². The molecule has 0 N–H and O–H groups in total. The average Bonchev–Trinajstić information content (AvgIpc) is 3.18. The van der Waals surface area contributed by atoms with Crippen molar-refractivity contribution in [3.05, 3.63) is 55.1 Å². The number of ether oxygens (including phenoxy) is 2. The predicted molar refractivity (Wildman–Crippen MR) is 72.9 cm³/mol. The van der Waals surface area contributed by atoms with Gasteiger partial charge in [0.25, 0.3) is 0 Å². The summed E-state index contributed by atoms with van der Waals surface area (Å²) < 4.78 is 12.6. The molecular weight excluding hydrogens is 254 g/mol. The molecular formula is C15H11N3O2. The summed E-state index contributed by atoms with van der Waals surface area (Å²) in [5.74, 6) is 1.58. The van der Waals surface area contributed by atoms with Crippen LogP contribution in [0.5, 0.6) is 11.5 Å². The van der Waals surface area contributed by atoms with E-state index in [0.29, 0.717) is 6.79 Å². The number of hydrogen-bond acceptors (Lipinski definition) is 4. The van der Waals surface area contributed by atoms with E-state index in [0.717, 1.165) is 28.3 Å². The normalized spacial score (nSPS) is 12.6. The zero-order chi connectivity index (χ0) is 13.4. The Labute approximate surface area is 115 Å². The molecule has 20 heavy (non-hydrogen) atoms. The molecule has 0 aliphatic carbocycles. The third-order valence-electron chi connectivity index (χ3n) is 3.27. The van der Waals surface area contributed by atoms with E-state index >= 15 is 0 Å². The first-order chi connectivity index (χ1) is 9.90. The minimum Gasteiger partial charge on any atom is -0.454 e. The summed E-state index contributed by atoms with van der Waals surface area (Å²) in [5, 5.41) is 7.65. The lowest BCUT2D eigenvalue weighted by atomic mass is 10.0. The van der Waals surface area contributed by atoms with Gasteiger partial charge in [-0.1, -0.05) is 18.2 Å². The fourth-order valence-corrected chi connectivity index (χ4v) is 2.26. The Morgan fingerprint density at radius 2 is 1.65 bits per heavy atom. The number of hydrogen-bond donors (Lipinski definition) is 0. The van der Waals surface area contributed by atoms with E-state index in [-0.39, 0.29) is 0 Å². The van der Waals surface area contributed by atoms with Crippen molar-refractivity contribution in [2.75, 3.05) is 6.79 Å². The number of fused-ring (bicyclic) bond motifs is 1. The monoisotopic (exact) mass is 265 g/mol. The minimum absolute atomic E-state index is 0.291. The molecule has 4 rings (SSSR count). The van der Waals surface area contributed by atoms with Crippen LogP contribution >= 0.6 is 0 Å². The number of benzene rings is 2. The van der Waals surface area contributed by atoms with E-state index < -0.39 is 0 Å². The molecule has 1 aliphatic rings. The predicted octanol–water partition coefficient (Wildman–Crippen LogP) is 2.66. The van der Waals surface area contributed by atoms with Crippen LogP contribution < -0.4 is 9.47 Å². The highest BCUT2D eigenvalue weighted by Gasteiger charge is 2.13. The lowest BCUT2D eigenvalue weighted by molar-refractivity contribution is 0.174. The fraction of sp³-hybridized carbons (Fsp3) is 0.0667. The van der Waals surface area contributed by atoms with Crippen molar-refractivity contribution >= 4 is 0 Å². The van der Waals surface area contributed by atoms with E-state index in [1.807, 2.05) is 34.9 Å². The molecule has 0 unspecified atom stereocenters. The van der Waals surface area contributed by atoms with Gasteiger partial charge >= 0.3 is 0 Å². The lowest BCUT2D eigenvalue weighted by Gasteiger charge is -2.06. The summed E-state index contributed by atoms with van der Waals surface area (Å²) in [6, 6.07) is 14.1. The molecule has 5 heteroatoms. The smallest absolute Gasteiger partial charge is 0.231 e. The standard InChI is InChI=1S/C15H11N3O2/c1-2-11(6-13(3-1)18-8-16-17-9-18)12-4-5-14-15(7-12)20-10-19-14/h1-9H,10H2. The van der Waals surface area contributed by atoms with Crippen molar-refractivity contribution in [2.45, 2.75) is 0 Å². The van der Waals surface area contributed by atoms with Crippen molar-refractivity contribution < 1.29 is 9.47 Å². The molecule has 98 valence electrons. The summed E-state index contributed by atoms with van der Waals surface area (Å²) in [6.07, 6.45) is 3.36. The Morgan fingerprint density at radius 1 is 0.850 bits per heavy atom. The van der Waals surface area contributed by atoms with E-state index in [2.05, 4.69) is 22.3 Å². The number of aromatic nitrogens is 3. The van der Waals surface area contributed by atoms with Gasteiger partial charge in [0.15, 0.2) is 11.5 Å². The van der Waals surface area contributed by atoms with Gasteiger partial charge in [0.2, 0.25) is 6.79 Å². The average molecular weight is 265 g/mol. The Bertz CT molecular complexity index is 754. The van der Waals surface area contributed by atoms with Crippen LogP contribution in [0, 0.1) is 0 Å². The van der Waals surface area contributed by atoms with Gasteiger partial charge in [-0.05, 0) is 35.4 Å². The second-order valence-electron chi connectivity index (χ2n) is 4.49. The summed E-state index contributed by atoms with van der Waals surface area (Å²) in [4.78, 5) is 0. The van der Waals surface area contributed by atoms with E-state index in [1.165, 1.54) is 0 Å². The zero-order valence-corrected chi connectivity index (χ0v) is 10.6. The maximum atomic E-state index is 5.42. The molecule has 0 spiro atoms. The third-order valence-corrected chi connectivity index (χ3v) is 3.27. The van der Waals surface area contributed by atoms with Crippen molar-refractivity contribution in [2.24, 2.45) is 0 Å². The van der Waals surface area contributed by atoms with E-state index in [1.54, 1.807) is 12.7 Å². The Kier molecular flexibility index (Phi) is 2.42. The highest BCUT2D eigenvalue weighted by Crippen LogP contribution is 2.36. The van der Waals surface area contributed by atoms with Crippen LogP contribution in [0.4, 0.5) is 0 Å². The maximum Gasteiger partial charge on any atom is 0.231 e. The topological polar surface area (TPSA) is 49.2 Å². The van der Waals surface area contributed by atoms with Crippen molar-refractivity contribution in [3.8, 4) is 28.3 Å². The van der Waals surface area contributed by atoms with Gasteiger partial charge in [-0.25, -0.2) is 0 Å². The quantitative estimate of drug-likeness (QED) is 0.714. The SMILES string of the molecule is c1cc(-c2ccc3c(c2)OCO3)cc(-n2cnnc2)c1. The molecule has 0 radical (unpaired) electrons. The molecule has 1 aromatic heterocycles. The van der Waals surface area contributed by atoms with Crippen LogP contribution in [-0.4, -0.2) is 21.6 Å². The number of nitrogens with zero attached hydrogens (tertiary/aromatic N) is 3. The Morgan fingerprint density at radius 3 is 2.55 bits per heavy atom. The molecule has 0 atom stereocenters. The van der Waals surface area contributed by atoms with Gasteiger partial charge in [0.05, 0.1) is 0 Å². The summed E-state index contributed by atoms with van der Waals surface area (Å²) >= 11 is 0. The summed E-state index contributed by atoms with van der Waals surface area (Å²) in [5.41, 5.74) is 3.21. The van der Waals surface area contributed by atoms with E-state index in [9.17, 15) is 0 Å². The first kappa shape index (κ1) is 11.0. The maximum absolute atomic E-state index is 5.42. The Balaban J connectivity index is 1.77. The molecule has 5 nitrogen and oxygen atoms in total. The minimum atomic E-state index is 0.291. The Hall–Kier alpha value is -2.82. The van der Waals surface area contributed by atoms with E-state index in [4.69, 9.17) is 9.47 Å². The summed E-state index contributed by atoms with van der Waals surface area (Å²) in [6.45, 7) is 0.291. The lowest BCUT2D eigenvalue weighted by Crippen LogP contribution is -1.92. The van der Waals surface area contributed by atoms with Crippen LogP contribution in [-0.2, 0) is 0 Å². The number of rotatable bonds is 2. The van der Waals surface area contributed by atoms with Crippen LogP contribution in [0.3, 0.4) is 0 Å². The van der Waals surface area contributed by atoms with Crippen molar-refractivity contribution in [3.63, 3.8) is 0 Å². The highest BCUT2D eigenvalue weighted by molar-refractivity contribution is 5.69. The summed E-state index contributed by atoms with van der Waals surface area (Å²) in [7, 11) is 0. The van der Waals surface area contributed by atoms with Gasteiger partial charge < -0.3 is 9.47 Å². The van der Waals surface area contributed by atoms with Crippen LogP contribution in [0.2, 0.25) is 0 Å². The zero-order valence-electron chi connectivity index (χ0n) is 10.6. The molecule has 0 saturated carbocycles. The van der Waals surface area contributed by atoms with Gasteiger partial charge in [-0.2, -0.15) is 0 Å².